The molecule has 1 rings (SSSR count). The number of ether oxygens (including phenoxy) is 1. The lowest BCUT2D eigenvalue weighted by Gasteiger charge is -2.31. The Morgan fingerprint density at radius 3 is 2.26 bits per heavy atom. The van der Waals surface area contributed by atoms with Gasteiger partial charge in [0, 0.05) is 6.04 Å². The van der Waals surface area contributed by atoms with Crippen LogP contribution >= 0.6 is 0 Å². The Hall–Kier alpha value is -0.360. The van der Waals surface area contributed by atoms with E-state index < -0.39 is 19.0 Å². The molecule has 2 nitrogen and oxygen atoms in total. The number of halogens is 4. The average molecular weight is 285 g/mol. The van der Waals surface area contributed by atoms with Crippen molar-refractivity contribution in [2.45, 2.75) is 57.4 Å². The van der Waals surface area contributed by atoms with Crippen molar-refractivity contribution in [2.24, 2.45) is 17.6 Å². The van der Waals surface area contributed by atoms with Gasteiger partial charge in [0.15, 0.2) is 0 Å². The summed E-state index contributed by atoms with van der Waals surface area (Å²) in [6.45, 7) is 0.812. The maximum atomic E-state index is 12.6. The standard InChI is InChI=1S/C13H23F4NO/c1-2-9-3-5-10(6-4-9)11(18)7-19-8-13(16,17)12(14)15/h9-12H,2-8,18H2,1H3. The molecule has 114 valence electrons. The van der Waals surface area contributed by atoms with Crippen LogP contribution in [0.1, 0.15) is 39.0 Å². The van der Waals surface area contributed by atoms with Crippen LogP contribution < -0.4 is 5.73 Å². The molecule has 0 amide bonds. The fourth-order valence-corrected chi connectivity index (χ4v) is 2.55. The van der Waals surface area contributed by atoms with Crippen molar-refractivity contribution < 1.29 is 22.3 Å². The van der Waals surface area contributed by atoms with Crippen molar-refractivity contribution in [3.63, 3.8) is 0 Å². The van der Waals surface area contributed by atoms with Crippen molar-refractivity contribution >= 4 is 0 Å². The first-order chi connectivity index (χ1) is 8.86. The molecule has 0 aromatic carbocycles. The lowest BCUT2D eigenvalue weighted by Crippen LogP contribution is -2.39. The Bertz CT molecular complexity index is 255. The van der Waals surface area contributed by atoms with Crippen LogP contribution in [-0.2, 0) is 4.74 Å². The molecule has 0 aromatic heterocycles. The van der Waals surface area contributed by atoms with Gasteiger partial charge in [0.05, 0.1) is 6.61 Å². The molecule has 1 fully saturated rings. The highest BCUT2D eigenvalue weighted by molar-refractivity contribution is 4.79. The van der Waals surface area contributed by atoms with Gasteiger partial charge in [0.2, 0.25) is 0 Å². The van der Waals surface area contributed by atoms with E-state index in [1.807, 2.05) is 0 Å². The van der Waals surface area contributed by atoms with Gasteiger partial charge in [-0.3, -0.25) is 0 Å². The Labute approximate surface area is 111 Å². The van der Waals surface area contributed by atoms with Gasteiger partial charge in [-0.2, -0.15) is 8.78 Å². The highest BCUT2D eigenvalue weighted by Gasteiger charge is 2.41. The summed E-state index contributed by atoms with van der Waals surface area (Å²) in [6, 6.07) is -0.341. The molecule has 0 aromatic rings. The Morgan fingerprint density at radius 2 is 1.79 bits per heavy atom. The zero-order valence-corrected chi connectivity index (χ0v) is 11.3. The van der Waals surface area contributed by atoms with Crippen molar-refractivity contribution in [2.75, 3.05) is 13.2 Å². The summed E-state index contributed by atoms with van der Waals surface area (Å²) < 4.78 is 53.7. The lowest BCUT2D eigenvalue weighted by atomic mass is 9.78. The van der Waals surface area contributed by atoms with Crippen LogP contribution in [0.25, 0.3) is 0 Å². The van der Waals surface area contributed by atoms with Gasteiger partial charge in [-0.25, -0.2) is 8.78 Å². The number of hydrogen-bond donors (Lipinski definition) is 1. The van der Waals surface area contributed by atoms with Gasteiger partial charge < -0.3 is 10.5 Å². The van der Waals surface area contributed by atoms with E-state index in [2.05, 4.69) is 11.7 Å². The van der Waals surface area contributed by atoms with Crippen LogP contribution in [0, 0.1) is 11.8 Å². The van der Waals surface area contributed by atoms with Crippen LogP contribution in [-0.4, -0.2) is 31.6 Å². The summed E-state index contributed by atoms with van der Waals surface area (Å²) >= 11 is 0. The minimum absolute atomic E-state index is 0.0796. The number of alkyl halides is 4. The minimum Gasteiger partial charge on any atom is -0.373 e. The smallest absolute Gasteiger partial charge is 0.330 e. The Balaban J connectivity index is 2.23. The van der Waals surface area contributed by atoms with E-state index in [4.69, 9.17) is 5.73 Å². The molecule has 6 heteroatoms. The highest BCUT2D eigenvalue weighted by atomic mass is 19.3. The summed E-state index contributed by atoms with van der Waals surface area (Å²) in [5, 5.41) is 0. The van der Waals surface area contributed by atoms with Gasteiger partial charge in [0.25, 0.3) is 0 Å². The molecule has 0 heterocycles. The Kier molecular flexibility index (Phi) is 6.53. The predicted octanol–water partition coefficient (Wildman–Crippen LogP) is 3.45. The first kappa shape index (κ1) is 16.7. The fourth-order valence-electron chi connectivity index (χ4n) is 2.55. The van der Waals surface area contributed by atoms with E-state index in [9.17, 15) is 17.6 Å². The lowest BCUT2D eigenvalue weighted by molar-refractivity contribution is -0.167. The first-order valence-corrected chi connectivity index (χ1v) is 6.86. The molecular formula is C13H23F4NO. The van der Waals surface area contributed by atoms with Gasteiger partial charge in [-0.15, -0.1) is 0 Å². The summed E-state index contributed by atoms with van der Waals surface area (Å²) in [5.41, 5.74) is 5.88. The molecule has 0 aliphatic heterocycles. The van der Waals surface area contributed by atoms with Crippen LogP contribution in [0.2, 0.25) is 0 Å². The molecule has 0 radical (unpaired) electrons. The van der Waals surface area contributed by atoms with Gasteiger partial charge in [0.1, 0.15) is 6.61 Å². The van der Waals surface area contributed by atoms with E-state index in [0.29, 0.717) is 0 Å². The van der Waals surface area contributed by atoms with Gasteiger partial charge in [-0.1, -0.05) is 26.2 Å². The molecule has 1 atom stereocenters. The number of hydrogen-bond acceptors (Lipinski definition) is 2. The molecule has 0 bridgehead atoms. The maximum absolute atomic E-state index is 12.6. The van der Waals surface area contributed by atoms with Crippen molar-refractivity contribution in [1.82, 2.24) is 0 Å². The second-order valence-electron chi connectivity index (χ2n) is 5.43. The zero-order valence-electron chi connectivity index (χ0n) is 11.3. The summed E-state index contributed by atoms with van der Waals surface area (Å²) in [7, 11) is 0. The summed E-state index contributed by atoms with van der Waals surface area (Å²) in [5.74, 6) is -3.10. The molecule has 1 saturated carbocycles. The number of rotatable bonds is 7. The zero-order chi connectivity index (χ0) is 14.5. The second kappa shape index (κ2) is 7.43. The molecular weight excluding hydrogens is 262 g/mol. The second-order valence-corrected chi connectivity index (χ2v) is 5.43. The molecule has 19 heavy (non-hydrogen) atoms. The quantitative estimate of drug-likeness (QED) is 0.727. The topological polar surface area (TPSA) is 35.2 Å². The third kappa shape index (κ3) is 5.26. The van der Waals surface area contributed by atoms with Crippen molar-refractivity contribution in [1.29, 1.82) is 0 Å². The van der Waals surface area contributed by atoms with E-state index in [-0.39, 0.29) is 18.6 Å². The SMILES string of the molecule is CCC1CCC(C(N)COCC(F)(F)C(F)F)CC1. The summed E-state index contributed by atoms with van der Waals surface area (Å²) in [4.78, 5) is 0. The number of nitrogens with two attached hydrogens (primary N) is 1. The third-order valence-electron chi connectivity index (χ3n) is 4.00. The molecule has 1 unspecified atom stereocenters. The predicted molar refractivity (Wildman–Crippen MR) is 65.5 cm³/mol. The van der Waals surface area contributed by atoms with E-state index in [0.717, 1.165) is 38.0 Å². The monoisotopic (exact) mass is 285 g/mol. The molecule has 0 saturated heterocycles. The third-order valence-corrected chi connectivity index (χ3v) is 4.00. The minimum atomic E-state index is -4.08. The fraction of sp³-hybridized carbons (Fsp3) is 1.00. The van der Waals surface area contributed by atoms with E-state index in [1.165, 1.54) is 0 Å². The molecule has 1 aliphatic rings. The Morgan fingerprint density at radius 1 is 1.21 bits per heavy atom. The molecule has 0 spiro atoms. The van der Waals surface area contributed by atoms with Crippen LogP contribution in [0.4, 0.5) is 17.6 Å². The van der Waals surface area contributed by atoms with E-state index in [1.54, 1.807) is 0 Å². The summed E-state index contributed by atoms with van der Waals surface area (Å²) in [6.07, 6.45) is 1.59. The largest absolute Gasteiger partial charge is 0.373 e. The first-order valence-electron chi connectivity index (χ1n) is 6.86. The molecule has 2 N–H and O–H groups in total. The van der Waals surface area contributed by atoms with Gasteiger partial charge in [-0.05, 0) is 24.7 Å². The average Bonchev–Trinajstić information content (AvgIpc) is 2.38. The maximum Gasteiger partial charge on any atom is 0.330 e. The van der Waals surface area contributed by atoms with Gasteiger partial charge >= 0.3 is 12.3 Å². The van der Waals surface area contributed by atoms with E-state index >= 15 is 0 Å². The van der Waals surface area contributed by atoms with Crippen molar-refractivity contribution in [3.05, 3.63) is 0 Å². The van der Waals surface area contributed by atoms with Crippen LogP contribution in [0.3, 0.4) is 0 Å². The normalized spacial score (nSPS) is 26.7. The highest BCUT2D eigenvalue weighted by Crippen LogP contribution is 2.32. The molecule has 1 aliphatic carbocycles. The van der Waals surface area contributed by atoms with Crippen molar-refractivity contribution in [3.8, 4) is 0 Å². The van der Waals surface area contributed by atoms with Crippen LogP contribution in [0.5, 0.6) is 0 Å². The van der Waals surface area contributed by atoms with Crippen LogP contribution in [0.15, 0.2) is 0 Å².